The van der Waals surface area contributed by atoms with Crippen LogP contribution < -0.4 is 0 Å². The van der Waals surface area contributed by atoms with Crippen LogP contribution in [-0.4, -0.2) is 5.78 Å². The summed E-state index contributed by atoms with van der Waals surface area (Å²) in [6, 6.07) is 0. The van der Waals surface area contributed by atoms with Gasteiger partial charge in [-0.25, -0.2) is 0 Å². The molecule has 0 atom stereocenters. The quantitative estimate of drug-likeness (QED) is 0.386. The molecule has 0 saturated heterocycles. The second kappa shape index (κ2) is 2.03. The molecule has 0 aliphatic carbocycles. The largest absolute Gasteiger partial charge is 0.294 e. The van der Waals surface area contributed by atoms with Gasteiger partial charge < -0.3 is 0 Å². The van der Waals surface area contributed by atoms with E-state index in [4.69, 9.17) is 0 Å². The summed E-state index contributed by atoms with van der Waals surface area (Å²) in [4.78, 5) is 10.3. The molecule has 0 amide bonds. The molecule has 0 aromatic carbocycles. The first-order valence-electron chi connectivity index (χ1n) is 1.53. The molecule has 0 rings (SSSR count). The SMILES string of the molecule is C=C(S)C(C)=O. The number of Topliss-reactive ketones (excluding diaryl/α,β-unsaturated/α-hetero) is 1. The molecule has 0 heterocycles. The van der Waals surface area contributed by atoms with Gasteiger partial charge in [-0.2, -0.15) is 0 Å². The molecule has 0 saturated carbocycles. The molecular weight excluding hydrogens is 96.1 g/mol. The highest BCUT2D eigenvalue weighted by Crippen LogP contribution is 1.93. The third-order valence-electron chi connectivity index (χ3n) is 0.406. The molecule has 0 radical (unpaired) electrons. The summed E-state index contributed by atoms with van der Waals surface area (Å²) in [6.07, 6.45) is 0. The normalized spacial score (nSPS) is 7.67. The van der Waals surface area contributed by atoms with Crippen LogP contribution in [-0.2, 0) is 4.79 Å². The summed E-state index contributed by atoms with van der Waals surface area (Å²) in [6.45, 7) is 4.70. The van der Waals surface area contributed by atoms with Crippen molar-refractivity contribution in [2.45, 2.75) is 6.92 Å². The van der Waals surface area contributed by atoms with Crippen molar-refractivity contribution in [2.24, 2.45) is 0 Å². The van der Waals surface area contributed by atoms with E-state index in [1.807, 2.05) is 0 Å². The summed E-state index contributed by atoms with van der Waals surface area (Å²) in [7, 11) is 0. The van der Waals surface area contributed by atoms with Crippen molar-refractivity contribution in [3.05, 3.63) is 11.5 Å². The minimum atomic E-state index is -0.0710. The Morgan fingerprint density at radius 2 is 2.00 bits per heavy atom. The number of hydrogen-bond donors (Lipinski definition) is 1. The highest BCUT2D eigenvalue weighted by molar-refractivity contribution is 7.85. The fourth-order valence-corrected chi connectivity index (χ4v) is 0. The number of carbonyl (C=O) groups excluding carboxylic acids is 1. The van der Waals surface area contributed by atoms with E-state index in [1.54, 1.807) is 0 Å². The first kappa shape index (κ1) is 5.76. The Balaban J connectivity index is 3.57. The van der Waals surface area contributed by atoms with Crippen LogP contribution >= 0.6 is 12.6 Å². The highest BCUT2D eigenvalue weighted by Gasteiger charge is 1.87. The smallest absolute Gasteiger partial charge is 0.165 e. The van der Waals surface area contributed by atoms with Gasteiger partial charge in [-0.15, -0.1) is 12.6 Å². The molecule has 0 N–H and O–H groups in total. The van der Waals surface area contributed by atoms with Gasteiger partial charge in [-0.1, -0.05) is 6.58 Å². The third-order valence-corrected chi connectivity index (χ3v) is 0.721. The zero-order chi connectivity index (χ0) is 5.15. The molecule has 0 unspecified atom stereocenters. The molecule has 0 fully saturated rings. The monoisotopic (exact) mass is 102 g/mol. The van der Waals surface area contributed by atoms with Crippen LogP contribution in [0.2, 0.25) is 0 Å². The number of hydrogen-bond acceptors (Lipinski definition) is 2. The molecule has 0 bridgehead atoms. The average molecular weight is 102 g/mol. The Bertz CT molecular complexity index is 73.5. The second-order valence-corrected chi connectivity index (χ2v) is 1.54. The maximum absolute atomic E-state index is 9.97. The summed E-state index contributed by atoms with van der Waals surface area (Å²) in [5.74, 6) is -0.0710. The van der Waals surface area contributed by atoms with E-state index in [2.05, 4.69) is 19.2 Å². The molecule has 0 spiro atoms. The molecular formula is C4H6OS. The summed E-state index contributed by atoms with van der Waals surface area (Å²) in [5, 5.41) is 0. The highest BCUT2D eigenvalue weighted by atomic mass is 32.1. The molecule has 34 valence electrons. The van der Waals surface area contributed by atoms with Crippen LogP contribution in [0.5, 0.6) is 0 Å². The van der Waals surface area contributed by atoms with E-state index in [-0.39, 0.29) is 5.78 Å². The van der Waals surface area contributed by atoms with E-state index >= 15 is 0 Å². The van der Waals surface area contributed by atoms with Crippen molar-refractivity contribution in [3.63, 3.8) is 0 Å². The standard InChI is InChI=1S/C4H6OS/c1-3(5)4(2)6/h6H,2H2,1H3. The Morgan fingerprint density at radius 3 is 2.00 bits per heavy atom. The first-order chi connectivity index (χ1) is 2.64. The van der Waals surface area contributed by atoms with Crippen LogP contribution in [0.25, 0.3) is 0 Å². The topological polar surface area (TPSA) is 17.1 Å². The lowest BCUT2D eigenvalue weighted by molar-refractivity contribution is -0.112. The van der Waals surface area contributed by atoms with Crippen molar-refractivity contribution in [2.75, 3.05) is 0 Å². The lowest BCUT2D eigenvalue weighted by atomic mass is 10.4. The number of rotatable bonds is 1. The molecule has 0 aromatic rings. The third kappa shape index (κ3) is 2.03. The van der Waals surface area contributed by atoms with Crippen molar-refractivity contribution < 1.29 is 4.79 Å². The van der Waals surface area contributed by atoms with Crippen LogP contribution in [0, 0.1) is 0 Å². The van der Waals surface area contributed by atoms with Gasteiger partial charge in [0, 0.05) is 4.91 Å². The van der Waals surface area contributed by atoms with Crippen molar-refractivity contribution in [1.29, 1.82) is 0 Å². The van der Waals surface area contributed by atoms with Gasteiger partial charge in [0.2, 0.25) is 0 Å². The molecule has 1 nitrogen and oxygen atoms in total. The van der Waals surface area contributed by atoms with Gasteiger partial charge in [-0.3, -0.25) is 4.79 Å². The van der Waals surface area contributed by atoms with Crippen molar-refractivity contribution in [1.82, 2.24) is 0 Å². The Labute approximate surface area is 42.5 Å². The van der Waals surface area contributed by atoms with Gasteiger partial charge in [0.15, 0.2) is 5.78 Å². The Kier molecular flexibility index (Phi) is 1.95. The van der Waals surface area contributed by atoms with E-state index in [1.165, 1.54) is 6.92 Å². The number of thiol groups is 1. The van der Waals surface area contributed by atoms with Crippen LogP contribution in [0.3, 0.4) is 0 Å². The van der Waals surface area contributed by atoms with Gasteiger partial charge in [-0.05, 0) is 6.92 Å². The van der Waals surface area contributed by atoms with E-state index in [9.17, 15) is 4.79 Å². The average Bonchev–Trinajstić information content (AvgIpc) is 1.36. The second-order valence-electron chi connectivity index (χ2n) is 1.00. The number of carbonyl (C=O) groups is 1. The van der Waals surface area contributed by atoms with E-state index in [0.29, 0.717) is 4.91 Å². The number of ketones is 1. The Hall–Kier alpha value is -0.240. The lowest BCUT2D eigenvalue weighted by Crippen LogP contribution is -1.83. The first-order valence-corrected chi connectivity index (χ1v) is 1.98. The fourth-order valence-electron chi connectivity index (χ4n) is 0. The summed E-state index contributed by atoms with van der Waals surface area (Å²) < 4.78 is 0. The molecule has 2 heteroatoms. The minimum absolute atomic E-state index is 0.0710. The van der Waals surface area contributed by atoms with Gasteiger partial charge in [0.25, 0.3) is 0 Å². The number of allylic oxidation sites excluding steroid dienone is 1. The summed E-state index contributed by atoms with van der Waals surface area (Å²) in [5.41, 5.74) is 0. The van der Waals surface area contributed by atoms with Crippen LogP contribution in [0.15, 0.2) is 11.5 Å². The van der Waals surface area contributed by atoms with Crippen LogP contribution in [0.4, 0.5) is 0 Å². The van der Waals surface area contributed by atoms with E-state index in [0.717, 1.165) is 0 Å². The van der Waals surface area contributed by atoms with Gasteiger partial charge >= 0.3 is 0 Å². The van der Waals surface area contributed by atoms with Crippen molar-refractivity contribution in [3.8, 4) is 0 Å². The lowest BCUT2D eigenvalue weighted by Gasteiger charge is -1.79. The predicted molar refractivity (Wildman–Crippen MR) is 28.8 cm³/mol. The summed E-state index contributed by atoms with van der Waals surface area (Å²) >= 11 is 3.65. The van der Waals surface area contributed by atoms with Crippen LogP contribution in [0.1, 0.15) is 6.92 Å². The molecule has 6 heavy (non-hydrogen) atoms. The fraction of sp³-hybridized carbons (Fsp3) is 0.250. The maximum Gasteiger partial charge on any atom is 0.165 e. The molecule has 0 aromatic heterocycles. The Morgan fingerprint density at radius 1 is 1.83 bits per heavy atom. The van der Waals surface area contributed by atoms with Crippen molar-refractivity contribution >= 4 is 18.4 Å². The zero-order valence-electron chi connectivity index (χ0n) is 3.56. The maximum atomic E-state index is 9.97. The predicted octanol–water partition coefficient (Wildman–Crippen LogP) is 1.02. The molecule has 0 aliphatic heterocycles. The molecule has 0 aliphatic rings. The van der Waals surface area contributed by atoms with Gasteiger partial charge in [0.05, 0.1) is 0 Å². The zero-order valence-corrected chi connectivity index (χ0v) is 4.46. The minimum Gasteiger partial charge on any atom is -0.294 e. The van der Waals surface area contributed by atoms with Gasteiger partial charge in [0.1, 0.15) is 0 Å². The van der Waals surface area contributed by atoms with E-state index < -0.39 is 0 Å².